The Kier molecular flexibility index (Phi) is 7.03. The molecule has 0 saturated heterocycles. The van der Waals surface area contributed by atoms with Crippen LogP contribution in [0, 0.1) is 0 Å². The van der Waals surface area contributed by atoms with Gasteiger partial charge in [-0.05, 0) is 17.7 Å². The third kappa shape index (κ3) is 5.32. The highest BCUT2D eigenvalue weighted by Gasteiger charge is 2.21. The van der Waals surface area contributed by atoms with Crippen molar-refractivity contribution in [3.8, 4) is 5.75 Å². The summed E-state index contributed by atoms with van der Waals surface area (Å²) in [5, 5.41) is 3.51. The summed E-state index contributed by atoms with van der Waals surface area (Å²) < 4.78 is 5.48. The molecule has 1 N–H and O–H groups in total. The fraction of sp³-hybridized carbons (Fsp3) is 0.238. The first-order valence-electron chi connectivity index (χ1n) is 8.99. The van der Waals surface area contributed by atoms with Gasteiger partial charge in [0.25, 0.3) is 5.91 Å². The molecule has 0 fully saturated rings. The lowest BCUT2D eigenvalue weighted by molar-refractivity contribution is -0.118. The van der Waals surface area contributed by atoms with E-state index in [1.165, 1.54) is 10.4 Å². The summed E-state index contributed by atoms with van der Waals surface area (Å²) in [6.45, 7) is 2.77. The van der Waals surface area contributed by atoms with Crippen LogP contribution in [0.25, 0.3) is 0 Å². The fourth-order valence-corrected chi connectivity index (χ4v) is 4.17. The van der Waals surface area contributed by atoms with Crippen LogP contribution in [-0.2, 0) is 24.3 Å². The molecule has 1 aromatic heterocycles. The Bertz CT molecular complexity index is 903. The Morgan fingerprint density at radius 1 is 1.11 bits per heavy atom. The Hall–Kier alpha value is -2.41. The second-order valence-electron chi connectivity index (χ2n) is 6.49. The standard InChI is InChI=1S/C21H21N3O2S.ClH/c25-20(15-26-17-9-5-2-6-10-17)23-21-22-18-11-12-24(14-19(18)27-21)13-16-7-3-1-4-8-16;/h1-10H,11-15H2,(H,22,23,25);1H. The number of halogens is 1. The van der Waals surface area contributed by atoms with E-state index in [-0.39, 0.29) is 24.9 Å². The second-order valence-corrected chi connectivity index (χ2v) is 7.57. The van der Waals surface area contributed by atoms with Crippen molar-refractivity contribution in [3.63, 3.8) is 0 Å². The molecule has 3 aromatic rings. The molecule has 28 heavy (non-hydrogen) atoms. The zero-order chi connectivity index (χ0) is 18.5. The number of nitrogens with zero attached hydrogens (tertiary/aromatic N) is 2. The largest absolute Gasteiger partial charge is 0.484 e. The van der Waals surface area contributed by atoms with Crippen LogP contribution in [0.15, 0.2) is 60.7 Å². The average molecular weight is 416 g/mol. The van der Waals surface area contributed by atoms with Crippen LogP contribution in [0.2, 0.25) is 0 Å². The number of thiazole rings is 1. The molecule has 7 heteroatoms. The van der Waals surface area contributed by atoms with Crippen molar-refractivity contribution in [1.29, 1.82) is 0 Å². The van der Waals surface area contributed by atoms with Gasteiger partial charge >= 0.3 is 0 Å². The number of hydrogen-bond donors (Lipinski definition) is 1. The molecule has 1 amide bonds. The first kappa shape index (κ1) is 20.3. The topological polar surface area (TPSA) is 54.5 Å². The summed E-state index contributed by atoms with van der Waals surface area (Å²) in [6.07, 6.45) is 0.912. The van der Waals surface area contributed by atoms with E-state index in [0.29, 0.717) is 10.9 Å². The van der Waals surface area contributed by atoms with Crippen molar-refractivity contribution < 1.29 is 9.53 Å². The molecule has 0 saturated carbocycles. The van der Waals surface area contributed by atoms with Crippen molar-refractivity contribution in [1.82, 2.24) is 9.88 Å². The fourth-order valence-electron chi connectivity index (χ4n) is 3.10. The SMILES string of the molecule is Cl.O=C(COc1ccccc1)Nc1nc2c(s1)CN(Cc1ccccc1)CC2. The number of ether oxygens (including phenoxy) is 1. The van der Waals surface area contributed by atoms with Gasteiger partial charge in [-0.3, -0.25) is 15.0 Å². The Morgan fingerprint density at radius 2 is 1.82 bits per heavy atom. The van der Waals surface area contributed by atoms with E-state index in [4.69, 9.17) is 4.74 Å². The van der Waals surface area contributed by atoms with E-state index >= 15 is 0 Å². The normalized spacial score (nSPS) is 13.3. The smallest absolute Gasteiger partial charge is 0.264 e. The molecule has 0 atom stereocenters. The number of nitrogens with one attached hydrogen (secondary N) is 1. The van der Waals surface area contributed by atoms with Crippen LogP contribution in [0.5, 0.6) is 5.75 Å². The lowest BCUT2D eigenvalue weighted by Gasteiger charge is -2.25. The van der Waals surface area contributed by atoms with Gasteiger partial charge in [0.15, 0.2) is 11.7 Å². The van der Waals surface area contributed by atoms with Gasteiger partial charge in [-0.15, -0.1) is 23.7 Å². The number of fused-ring (bicyclic) bond motifs is 1. The molecule has 0 bridgehead atoms. The Labute approximate surface area is 174 Å². The van der Waals surface area contributed by atoms with E-state index in [9.17, 15) is 4.79 Å². The Morgan fingerprint density at radius 3 is 2.57 bits per heavy atom. The average Bonchev–Trinajstić information content (AvgIpc) is 3.09. The molecule has 2 aromatic carbocycles. The second kappa shape index (κ2) is 9.68. The third-order valence-electron chi connectivity index (χ3n) is 4.42. The zero-order valence-electron chi connectivity index (χ0n) is 15.3. The summed E-state index contributed by atoms with van der Waals surface area (Å²) >= 11 is 1.56. The predicted octanol–water partition coefficient (Wildman–Crippen LogP) is 4.14. The van der Waals surface area contributed by atoms with Crippen LogP contribution in [0.3, 0.4) is 0 Å². The van der Waals surface area contributed by atoms with Crippen molar-refractivity contribution in [2.45, 2.75) is 19.5 Å². The quantitative estimate of drug-likeness (QED) is 0.657. The van der Waals surface area contributed by atoms with Crippen LogP contribution in [0.1, 0.15) is 16.1 Å². The maximum absolute atomic E-state index is 12.1. The molecular formula is C21H22ClN3O2S. The van der Waals surface area contributed by atoms with Crippen molar-refractivity contribution in [2.24, 2.45) is 0 Å². The van der Waals surface area contributed by atoms with E-state index in [0.717, 1.165) is 31.7 Å². The molecule has 1 aliphatic rings. The van der Waals surface area contributed by atoms with Gasteiger partial charge in [0.05, 0.1) is 5.69 Å². The minimum Gasteiger partial charge on any atom is -0.484 e. The number of carbonyl (C=O) groups is 1. The summed E-state index contributed by atoms with van der Waals surface area (Å²) in [6, 6.07) is 19.8. The monoisotopic (exact) mass is 415 g/mol. The van der Waals surface area contributed by atoms with Crippen molar-refractivity contribution in [3.05, 3.63) is 76.8 Å². The first-order chi connectivity index (χ1) is 13.3. The number of benzene rings is 2. The number of para-hydroxylation sites is 1. The highest BCUT2D eigenvalue weighted by molar-refractivity contribution is 7.15. The molecule has 1 aliphatic heterocycles. The maximum atomic E-state index is 12.1. The molecule has 0 radical (unpaired) electrons. The third-order valence-corrected chi connectivity index (χ3v) is 5.42. The van der Waals surface area contributed by atoms with Gasteiger partial charge in [-0.2, -0.15) is 0 Å². The van der Waals surface area contributed by atoms with Crippen LogP contribution >= 0.6 is 23.7 Å². The summed E-state index contributed by atoms with van der Waals surface area (Å²) in [7, 11) is 0. The summed E-state index contributed by atoms with van der Waals surface area (Å²) in [5.74, 6) is 0.494. The molecule has 0 spiro atoms. The number of carbonyl (C=O) groups excluding carboxylic acids is 1. The summed E-state index contributed by atoms with van der Waals surface area (Å²) in [5.41, 5.74) is 2.42. The van der Waals surface area contributed by atoms with Gasteiger partial charge in [-0.1, -0.05) is 48.5 Å². The first-order valence-corrected chi connectivity index (χ1v) is 9.80. The number of hydrogen-bond acceptors (Lipinski definition) is 5. The molecule has 2 heterocycles. The van der Waals surface area contributed by atoms with Gasteiger partial charge < -0.3 is 4.74 Å². The van der Waals surface area contributed by atoms with Gasteiger partial charge in [0.1, 0.15) is 5.75 Å². The van der Waals surface area contributed by atoms with E-state index in [1.807, 2.05) is 36.4 Å². The minimum atomic E-state index is -0.189. The molecule has 0 unspecified atom stereocenters. The molecule has 146 valence electrons. The predicted molar refractivity (Wildman–Crippen MR) is 114 cm³/mol. The van der Waals surface area contributed by atoms with E-state index in [2.05, 4.69) is 39.5 Å². The molecule has 5 nitrogen and oxygen atoms in total. The minimum absolute atomic E-state index is 0. The summed E-state index contributed by atoms with van der Waals surface area (Å²) in [4.78, 5) is 20.4. The van der Waals surface area contributed by atoms with Crippen LogP contribution in [0.4, 0.5) is 5.13 Å². The molecule has 4 rings (SSSR count). The molecule has 0 aliphatic carbocycles. The number of amides is 1. The number of rotatable bonds is 6. The number of anilines is 1. The van der Waals surface area contributed by atoms with E-state index < -0.39 is 0 Å². The highest BCUT2D eigenvalue weighted by Crippen LogP contribution is 2.29. The number of aromatic nitrogens is 1. The highest BCUT2D eigenvalue weighted by atomic mass is 35.5. The van der Waals surface area contributed by atoms with Crippen LogP contribution in [-0.4, -0.2) is 28.9 Å². The van der Waals surface area contributed by atoms with Gasteiger partial charge in [0, 0.05) is 30.9 Å². The molecular weight excluding hydrogens is 394 g/mol. The zero-order valence-corrected chi connectivity index (χ0v) is 17.0. The van der Waals surface area contributed by atoms with Crippen molar-refractivity contribution >= 4 is 34.8 Å². The maximum Gasteiger partial charge on any atom is 0.264 e. The van der Waals surface area contributed by atoms with Gasteiger partial charge in [0.2, 0.25) is 0 Å². The lowest BCUT2D eigenvalue weighted by atomic mass is 10.1. The van der Waals surface area contributed by atoms with Crippen LogP contribution < -0.4 is 10.1 Å². The van der Waals surface area contributed by atoms with Crippen molar-refractivity contribution in [2.75, 3.05) is 18.5 Å². The Balaban J connectivity index is 0.00000225. The van der Waals surface area contributed by atoms with E-state index in [1.54, 1.807) is 11.3 Å². The van der Waals surface area contributed by atoms with Gasteiger partial charge in [-0.25, -0.2) is 4.98 Å². The lowest BCUT2D eigenvalue weighted by Crippen LogP contribution is -2.29.